The zero-order chi connectivity index (χ0) is 22.3. The van der Waals surface area contributed by atoms with E-state index < -0.39 is 11.5 Å². The predicted molar refractivity (Wildman–Crippen MR) is 123 cm³/mol. The molecular weight excluding hydrogens is 384 g/mol. The van der Waals surface area contributed by atoms with Crippen LogP contribution < -0.4 is 0 Å². The van der Waals surface area contributed by atoms with Gasteiger partial charge in [-0.2, -0.15) is 0 Å². The lowest BCUT2D eigenvalue weighted by Crippen LogP contribution is -2.64. The normalized spacial score (nSPS) is 52.2. The Balaban J connectivity index is 1.40. The van der Waals surface area contributed by atoms with Crippen molar-refractivity contribution in [2.45, 2.75) is 104 Å². The molecule has 1 N–H and O–H groups in total. The average molecular weight is 429 g/mol. The highest BCUT2D eigenvalue weighted by atomic mass is 16.6. The first-order valence-electron chi connectivity index (χ1n) is 13.1. The minimum absolute atomic E-state index is 0.0526. The second-order valence-corrected chi connectivity index (χ2v) is 12.9. The molecule has 11 atom stereocenters. The molecule has 5 aliphatic rings. The Bertz CT molecular complexity index is 772. The van der Waals surface area contributed by atoms with E-state index in [2.05, 4.69) is 41.5 Å². The fourth-order valence-corrected chi connectivity index (χ4v) is 9.25. The van der Waals surface area contributed by atoms with Gasteiger partial charge >= 0.3 is 0 Å². The van der Waals surface area contributed by atoms with Crippen LogP contribution in [0.15, 0.2) is 12.2 Å². The molecular formula is C28H44O3. The number of rotatable bonds is 5. The van der Waals surface area contributed by atoms with Gasteiger partial charge in [-0.15, -0.1) is 0 Å². The number of ether oxygens (including phenoxy) is 1. The number of carbonyl (C=O) groups excluding carboxylic acids is 1. The van der Waals surface area contributed by atoms with Gasteiger partial charge in [-0.05, 0) is 86.0 Å². The van der Waals surface area contributed by atoms with Gasteiger partial charge in [-0.1, -0.05) is 53.5 Å². The predicted octanol–water partition coefficient (Wildman–Crippen LogP) is 5.80. The molecule has 11 unspecified atom stereocenters. The standard InChI is InChI=1S/C28H44O3/c1-16(2)17(3)9-10-18(4)20-11-12-21-19-14-24-28(31-24)13-7-8-23(30)27(28,6)25(19)22(29)15-26(20,21)5/h7-8,16-22,24-25,29H,9-15H2,1-6H3. The first-order valence-corrected chi connectivity index (χ1v) is 13.1. The molecule has 0 amide bonds. The van der Waals surface area contributed by atoms with Crippen molar-refractivity contribution in [3.8, 4) is 0 Å². The number of ketones is 1. The number of fused-ring (bicyclic) bond motifs is 4. The SMILES string of the molecule is CC(C)C(C)CCC(C)C1CCC2C3CC4OC45CC=CC(=O)C5(C)C3C(O)CC12C. The highest BCUT2D eigenvalue weighted by Gasteiger charge is 2.78. The molecule has 1 heterocycles. The summed E-state index contributed by atoms with van der Waals surface area (Å²) in [6, 6.07) is 0. The quantitative estimate of drug-likeness (QED) is 0.563. The number of aliphatic hydroxyl groups is 1. The fraction of sp³-hybridized carbons (Fsp3) is 0.893. The molecule has 4 fully saturated rings. The van der Waals surface area contributed by atoms with E-state index in [1.165, 1.54) is 25.7 Å². The first kappa shape index (κ1) is 22.1. The summed E-state index contributed by atoms with van der Waals surface area (Å²) in [4.78, 5) is 13.3. The molecule has 0 aromatic rings. The molecule has 31 heavy (non-hydrogen) atoms. The van der Waals surface area contributed by atoms with Crippen LogP contribution in [-0.4, -0.2) is 28.7 Å². The zero-order valence-corrected chi connectivity index (χ0v) is 20.6. The summed E-state index contributed by atoms with van der Waals surface area (Å²) in [5, 5.41) is 11.6. The molecule has 1 spiro atoms. The molecule has 5 rings (SSSR count). The Hall–Kier alpha value is -0.670. The summed E-state index contributed by atoms with van der Waals surface area (Å²) < 4.78 is 6.34. The molecule has 3 nitrogen and oxygen atoms in total. The third-order valence-corrected chi connectivity index (χ3v) is 11.5. The van der Waals surface area contributed by atoms with Gasteiger partial charge in [0.15, 0.2) is 5.78 Å². The summed E-state index contributed by atoms with van der Waals surface area (Å²) in [7, 11) is 0. The van der Waals surface area contributed by atoms with Crippen molar-refractivity contribution in [1.29, 1.82) is 0 Å². The molecule has 0 aromatic carbocycles. The summed E-state index contributed by atoms with van der Waals surface area (Å²) in [6.07, 6.45) is 11.5. The molecule has 3 heteroatoms. The topological polar surface area (TPSA) is 49.8 Å². The molecule has 1 aliphatic heterocycles. The lowest BCUT2D eigenvalue weighted by molar-refractivity contribution is -0.166. The second kappa shape index (κ2) is 7.16. The number of epoxide rings is 1. The van der Waals surface area contributed by atoms with E-state index in [-0.39, 0.29) is 28.8 Å². The summed E-state index contributed by atoms with van der Waals surface area (Å²) >= 11 is 0. The highest BCUT2D eigenvalue weighted by molar-refractivity contribution is 5.97. The average Bonchev–Trinajstić information content (AvgIpc) is 3.30. The van der Waals surface area contributed by atoms with Crippen molar-refractivity contribution in [2.24, 2.45) is 52.3 Å². The first-order chi connectivity index (χ1) is 14.6. The maximum Gasteiger partial charge on any atom is 0.164 e. The van der Waals surface area contributed by atoms with Crippen molar-refractivity contribution in [1.82, 2.24) is 0 Å². The lowest BCUT2D eigenvalue weighted by Gasteiger charge is -2.59. The van der Waals surface area contributed by atoms with E-state index in [0.717, 1.165) is 31.1 Å². The van der Waals surface area contributed by atoms with E-state index in [1.807, 2.05) is 6.08 Å². The van der Waals surface area contributed by atoms with Crippen LogP contribution in [0.25, 0.3) is 0 Å². The van der Waals surface area contributed by atoms with Crippen molar-refractivity contribution in [2.75, 3.05) is 0 Å². The molecule has 0 radical (unpaired) electrons. The molecule has 1 saturated heterocycles. The Labute approximate surface area is 189 Å². The maximum absolute atomic E-state index is 13.3. The summed E-state index contributed by atoms with van der Waals surface area (Å²) in [6.45, 7) is 14.2. The van der Waals surface area contributed by atoms with E-state index in [9.17, 15) is 9.90 Å². The minimum atomic E-state index is -0.549. The number of carbonyl (C=O) groups is 1. The molecule has 4 aliphatic carbocycles. The van der Waals surface area contributed by atoms with Gasteiger partial charge in [0.1, 0.15) is 5.60 Å². The van der Waals surface area contributed by atoms with Gasteiger partial charge in [0.05, 0.1) is 17.6 Å². The van der Waals surface area contributed by atoms with Crippen LogP contribution in [0.3, 0.4) is 0 Å². The Morgan fingerprint density at radius 3 is 2.61 bits per heavy atom. The number of allylic oxidation sites excluding steroid dienone is 1. The molecule has 0 bridgehead atoms. The number of aliphatic hydroxyl groups excluding tert-OH is 1. The summed E-state index contributed by atoms with van der Waals surface area (Å²) in [5.41, 5.74) is -0.681. The monoisotopic (exact) mass is 428 g/mol. The van der Waals surface area contributed by atoms with Crippen LogP contribution in [0.5, 0.6) is 0 Å². The third-order valence-electron chi connectivity index (χ3n) is 11.5. The highest BCUT2D eigenvalue weighted by Crippen LogP contribution is 2.73. The van der Waals surface area contributed by atoms with Crippen LogP contribution in [0.1, 0.15) is 86.5 Å². The number of hydrogen-bond acceptors (Lipinski definition) is 3. The van der Waals surface area contributed by atoms with Crippen LogP contribution in [0.4, 0.5) is 0 Å². The van der Waals surface area contributed by atoms with E-state index in [4.69, 9.17) is 4.74 Å². The minimum Gasteiger partial charge on any atom is -0.393 e. The Kier molecular flexibility index (Phi) is 5.11. The zero-order valence-electron chi connectivity index (χ0n) is 20.6. The lowest BCUT2D eigenvalue weighted by atomic mass is 9.44. The van der Waals surface area contributed by atoms with Gasteiger partial charge in [0.25, 0.3) is 0 Å². The van der Waals surface area contributed by atoms with Crippen molar-refractivity contribution in [3.05, 3.63) is 12.2 Å². The van der Waals surface area contributed by atoms with Gasteiger partial charge in [-0.3, -0.25) is 4.79 Å². The smallest absolute Gasteiger partial charge is 0.164 e. The molecule has 3 saturated carbocycles. The van der Waals surface area contributed by atoms with Crippen LogP contribution in [0.2, 0.25) is 0 Å². The van der Waals surface area contributed by atoms with Crippen molar-refractivity contribution >= 4 is 5.78 Å². The van der Waals surface area contributed by atoms with E-state index in [1.54, 1.807) is 6.08 Å². The van der Waals surface area contributed by atoms with Crippen LogP contribution in [-0.2, 0) is 9.53 Å². The van der Waals surface area contributed by atoms with Crippen molar-refractivity contribution in [3.63, 3.8) is 0 Å². The maximum atomic E-state index is 13.3. The van der Waals surface area contributed by atoms with Crippen LogP contribution >= 0.6 is 0 Å². The Morgan fingerprint density at radius 1 is 1.16 bits per heavy atom. The van der Waals surface area contributed by atoms with Crippen molar-refractivity contribution < 1.29 is 14.6 Å². The van der Waals surface area contributed by atoms with Crippen LogP contribution in [0, 0.1) is 52.3 Å². The number of hydrogen-bond donors (Lipinski definition) is 1. The van der Waals surface area contributed by atoms with E-state index >= 15 is 0 Å². The fourth-order valence-electron chi connectivity index (χ4n) is 9.25. The molecule has 174 valence electrons. The van der Waals surface area contributed by atoms with Gasteiger partial charge < -0.3 is 9.84 Å². The van der Waals surface area contributed by atoms with E-state index in [0.29, 0.717) is 23.7 Å². The Morgan fingerprint density at radius 2 is 1.90 bits per heavy atom. The van der Waals surface area contributed by atoms with Gasteiger partial charge in [-0.25, -0.2) is 0 Å². The third kappa shape index (κ3) is 2.87. The van der Waals surface area contributed by atoms with Gasteiger partial charge in [0.2, 0.25) is 0 Å². The second-order valence-electron chi connectivity index (χ2n) is 12.9. The largest absolute Gasteiger partial charge is 0.393 e. The van der Waals surface area contributed by atoms with Gasteiger partial charge in [0, 0.05) is 5.92 Å². The molecule has 0 aromatic heterocycles. The summed E-state index contributed by atoms with van der Waals surface area (Å²) in [5.74, 6) is 4.21.